The number of thioether (sulfide) groups is 1. The monoisotopic (exact) mass is 487 g/mol. The van der Waals surface area contributed by atoms with E-state index in [4.69, 9.17) is 5.10 Å². The first-order valence-corrected chi connectivity index (χ1v) is 10.1. The summed E-state index contributed by atoms with van der Waals surface area (Å²) in [6.45, 7) is 5.83. The minimum atomic E-state index is 0. The number of aryl methyl sites for hydroxylation is 1. The molecule has 26 heavy (non-hydrogen) atoms. The number of nitrogens with one attached hydrogen (secondary N) is 2. The molecule has 2 rings (SSSR count). The molecule has 7 heteroatoms. The molecule has 0 aliphatic carbocycles. The van der Waals surface area contributed by atoms with Gasteiger partial charge in [-0.2, -0.15) is 16.9 Å². The van der Waals surface area contributed by atoms with Crippen LogP contribution in [-0.2, 0) is 6.54 Å². The first kappa shape index (κ1) is 22.8. The van der Waals surface area contributed by atoms with E-state index in [0.29, 0.717) is 0 Å². The Morgan fingerprint density at radius 2 is 1.88 bits per heavy atom. The first-order valence-electron chi connectivity index (χ1n) is 8.71. The molecule has 0 amide bonds. The van der Waals surface area contributed by atoms with Gasteiger partial charge in [0.15, 0.2) is 5.96 Å². The predicted molar refractivity (Wildman–Crippen MR) is 124 cm³/mol. The van der Waals surface area contributed by atoms with E-state index in [1.165, 1.54) is 17.7 Å². The summed E-state index contributed by atoms with van der Waals surface area (Å²) in [6, 6.07) is 10.2. The molecular weight excluding hydrogens is 457 g/mol. The molecule has 0 bridgehead atoms. The fraction of sp³-hybridized carbons (Fsp3) is 0.474. The van der Waals surface area contributed by atoms with Gasteiger partial charge < -0.3 is 10.6 Å². The van der Waals surface area contributed by atoms with Crippen molar-refractivity contribution >= 4 is 41.7 Å². The number of nitrogens with zero attached hydrogens (tertiary/aromatic N) is 3. The van der Waals surface area contributed by atoms with Crippen molar-refractivity contribution in [2.24, 2.45) is 4.99 Å². The number of aromatic nitrogens is 2. The molecule has 1 aromatic heterocycles. The number of guanidine groups is 1. The van der Waals surface area contributed by atoms with Gasteiger partial charge in [-0.3, -0.25) is 4.99 Å². The van der Waals surface area contributed by atoms with Crippen LogP contribution in [0.5, 0.6) is 0 Å². The van der Waals surface area contributed by atoms with E-state index in [9.17, 15) is 0 Å². The summed E-state index contributed by atoms with van der Waals surface area (Å²) < 4.78 is 2.00. The standard InChI is InChI=1S/C19H29N5S.HI/c1-15-18(14-22-19(20-3)21-12-8-9-13-25-4)16(2)24(23-15)17-10-6-5-7-11-17;/h5-7,10-11H,8-9,12-14H2,1-4H3,(H2,20,21,22);1H. The maximum absolute atomic E-state index is 4.69. The lowest BCUT2D eigenvalue weighted by atomic mass is 10.2. The molecule has 0 unspecified atom stereocenters. The fourth-order valence-electron chi connectivity index (χ4n) is 2.72. The summed E-state index contributed by atoms with van der Waals surface area (Å²) >= 11 is 1.89. The molecule has 5 nitrogen and oxygen atoms in total. The molecule has 0 saturated carbocycles. The van der Waals surface area contributed by atoms with Crippen LogP contribution in [0, 0.1) is 13.8 Å². The van der Waals surface area contributed by atoms with E-state index in [1.807, 2.05) is 41.7 Å². The van der Waals surface area contributed by atoms with Gasteiger partial charge >= 0.3 is 0 Å². The van der Waals surface area contributed by atoms with Crippen LogP contribution in [0.3, 0.4) is 0 Å². The number of unbranched alkanes of at least 4 members (excludes halogenated alkanes) is 1. The van der Waals surface area contributed by atoms with Crippen LogP contribution < -0.4 is 10.6 Å². The Labute approximate surface area is 178 Å². The third-order valence-corrected chi connectivity index (χ3v) is 4.86. The van der Waals surface area contributed by atoms with E-state index >= 15 is 0 Å². The van der Waals surface area contributed by atoms with Gasteiger partial charge in [0, 0.05) is 31.4 Å². The van der Waals surface area contributed by atoms with E-state index in [2.05, 4.69) is 47.9 Å². The highest BCUT2D eigenvalue weighted by atomic mass is 127. The lowest BCUT2D eigenvalue weighted by Crippen LogP contribution is -2.37. The van der Waals surface area contributed by atoms with Crippen molar-refractivity contribution in [3.05, 3.63) is 47.3 Å². The molecule has 0 aliphatic heterocycles. The lowest BCUT2D eigenvalue weighted by Gasteiger charge is -2.12. The highest BCUT2D eigenvalue weighted by molar-refractivity contribution is 14.0. The number of halogens is 1. The van der Waals surface area contributed by atoms with E-state index < -0.39 is 0 Å². The Bertz CT molecular complexity index is 685. The number of rotatable bonds is 8. The topological polar surface area (TPSA) is 54.2 Å². The number of aliphatic imine (C=N–C) groups is 1. The number of benzene rings is 1. The molecular formula is C19H30IN5S. The zero-order chi connectivity index (χ0) is 18.1. The molecule has 2 aromatic rings. The molecule has 0 atom stereocenters. The molecule has 2 N–H and O–H groups in total. The molecule has 1 aromatic carbocycles. The van der Waals surface area contributed by atoms with Gasteiger partial charge in [0.05, 0.1) is 11.4 Å². The summed E-state index contributed by atoms with van der Waals surface area (Å²) in [5, 5.41) is 11.5. The van der Waals surface area contributed by atoms with Gasteiger partial charge in [0.1, 0.15) is 0 Å². The van der Waals surface area contributed by atoms with Gasteiger partial charge in [0.25, 0.3) is 0 Å². The van der Waals surface area contributed by atoms with Crippen molar-refractivity contribution in [1.29, 1.82) is 0 Å². The third kappa shape index (κ3) is 6.50. The summed E-state index contributed by atoms with van der Waals surface area (Å²) in [5.74, 6) is 2.06. The quantitative estimate of drug-likeness (QED) is 0.257. The maximum atomic E-state index is 4.69. The summed E-state index contributed by atoms with van der Waals surface area (Å²) in [6.07, 6.45) is 4.53. The van der Waals surface area contributed by atoms with Gasteiger partial charge in [-0.15, -0.1) is 24.0 Å². The first-order chi connectivity index (χ1) is 12.2. The second kappa shape index (κ2) is 12.2. The number of hydrogen-bond donors (Lipinski definition) is 2. The van der Waals surface area contributed by atoms with Gasteiger partial charge in [-0.25, -0.2) is 4.68 Å². The van der Waals surface area contributed by atoms with Crippen molar-refractivity contribution in [2.75, 3.05) is 25.6 Å². The molecule has 1 heterocycles. The Morgan fingerprint density at radius 1 is 1.15 bits per heavy atom. The minimum absolute atomic E-state index is 0. The summed E-state index contributed by atoms with van der Waals surface area (Å²) in [5.41, 5.74) is 4.51. The van der Waals surface area contributed by atoms with Crippen LogP contribution in [0.25, 0.3) is 5.69 Å². The van der Waals surface area contributed by atoms with Gasteiger partial charge in [-0.05, 0) is 50.8 Å². The van der Waals surface area contributed by atoms with Crippen LogP contribution >= 0.6 is 35.7 Å². The molecule has 144 valence electrons. The normalized spacial score (nSPS) is 11.2. The fourth-order valence-corrected chi connectivity index (χ4v) is 3.22. The highest BCUT2D eigenvalue weighted by Crippen LogP contribution is 2.17. The van der Waals surface area contributed by atoms with Crippen LogP contribution in [-0.4, -0.2) is 41.3 Å². The zero-order valence-electron chi connectivity index (χ0n) is 16.1. The second-order valence-electron chi connectivity index (χ2n) is 5.95. The molecule has 0 aliphatic rings. The largest absolute Gasteiger partial charge is 0.356 e. The van der Waals surface area contributed by atoms with Crippen molar-refractivity contribution < 1.29 is 0 Å². The van der Waals surface area contributed by atoms with Crippen molar-refractivity contribution in [3.63, 3.8) is 0 Å². The Hall–Kier alpha value is -1.22. The van der Waals surface area contributed by atoms with E-state index in [0.717, 1.165) is 42.5 Å². The van der Waals surface area contributed by atoms with E-state index in [-0.39, 0.29) is 24.0 Å². The molecule has 0 spiro atoms. The van der Waals surface area contributed by atoms with Crippen LogP contribution in [0.1, 0.15) is 29.8 Å². The van der Waals surface area contributed by atoms with Crippen LogP contribution in [0.15, 0.2) is 35.3 Å². The van der Waals surface area contributed by atoms with Crippen molar-refractivity contribution in [1.82, 2.24) is 20.4 Å². The smallest absolute Gasteiger partial charge is 0.191 e. The molecule has 0 radical (unpaired) electrons. The zero-order valence-corrected chi connectivity index (χ0v) is 19.2. The SMILES string of the molecule is CN=C(NCCCCSC)NCc1c(C)nn(-c2ccccc2)c1C.I. The molecule has 0 saturated heterocycles. The number of hydrogen-bond acceptors (Lipinski definition) is 3. The van der Waals surface area contributed by atoms with Gasteiger partial charge in [-0.1, -0.05) is 18.2 Å². The average molecular weight is 487 g/mol. The van der Waals surface area contributed by atoms with Crippen LogP contribution in [0.2, 0.25) is 0 Å². The maximum Gasteiger partial charge on any atom is 0.191 e. The summed E-state index contributed by atoms with van der Waals surface area (Å²) in [4.78, 5) is 4.31. The van der Waals surface area contributed by atoms with Crippen molar-refractivity contribution in [2.45, 2.75) is 33.2 Å². The lowest BCUT2D eigenvalue weighted by molar-refractivity contribution is 0.731. The summed E-state index contributed by atoms with van der Waals surface area (Å²) in [7, 11) is 1.81. The van der Waals surface area contributed by atoms with Crippen LogP contribution in [0.4, 0.5) is 0 Å². The van der Waals surface area contributed by atoms with E-state index in [1.54, 1.807) is 0 Å². The average Bonchev–Trinajstić information content (AvgIpc) is 2.92. The highest BCUT2D eigenvalue weighted by Gasteiger charge is 2.12. The third-order valence-electron chi connectivity index (χ3n) is 4.17. The predicted octanol–water partition coefficient (Wildman–Crippen LogP) is 3.92. The second-order valence-corrected chi connectivity index (χ2v) is 6.93. The number of para-hydroxylation sites is 1. The minimum Gasteiger partial charge on any atom is -0.356 e. The van der Waals surface area contributed by atoms with Crippen molar-refractivity contribution in [3.8, 4) is 5.69 Å². The molecule has 0 fully saturated rings. The Kier molecular flexibility index (Phi) is 10.7. The Morgan fingerprint density at radius 3 is 2.54 bits per heavy atom. The van der Waals surface area contributed by atoms with Gasteiger partial charge in [0.2, 0.25) is 0 Å². The Balaban J connectivity index is 0.00000338.